The first kappa shape index (κ1) is 14.7. The van der Waals surface area contributed by atoms with E-state index in [4.69, 9.17) is 0 Å². The predicted octanol–water partition coefficient (Wildman–Crippen LogP) is 1.47. The molecule has 0 saturated heterocycles. The van der Waals surface area contributed by atoms with Gasteiger partial charge in [0.15, 0.2) is 11.6 Å². The van der Waals surface area contributed by atoms with Gasteiger partial charge >= 0.3 is 0 Å². The molecular weight excluding hydrogens is 252 g/mol. The second-order valence-electron chi connectivity index (χ2n) is 4.06. The number of rotatable bonds is 7. The molecule has 0 bridgehead atoms. The van der Waals surface area contributed by atoms with Crippen LogP contribution >= 0.6 is 0 Å². The van der Waals surface area contributed by atoms with Crippen LogP contribution in [0.3, 0.4) is 0 Å². The van der Waals surface area contributed by atoms with Gasteiger partial charge in [-0.2, -0.15) is 0 Å². The molecule has 1 N–H and O–H groups in total. The fourth-order valence-electron chi connectivity index (χ4n) is 1.32. The van der Waals surface area contributed by atoms with Crippen LogP contribution in [0.15, 0.2) is 12.1 Å². The summed E-state index contributed by atoms with van der Waals surface area (Å²) in [4.78, 5) is 1.99. The Morgan fingerprint density at radius 3 is 2.50 bits per heavy atom. The van der Waals surface area contributed by atoms with E-state index in [0.29, 0.717) is 0 Å². The number of hydrogen-bond donors (Lipinski definition) is 1. The fraction of sp³-hybridized carbons (Fsp3) is 0.636. The highest BCUT2D eigenvalue weighted by Gasteiger charge is 2.09. The summed E-state index contributed by atoms with van der Waals surface area (Å²) >= 11 is 0. The Balaban J connectivity index is 2.68. The monoisotopic (exact) mass is 272 g/mol. The number of nitrogens with one attached hydrogen (secondary N) is 1. The third kappa shape index (κ3) is 4.48. The van der Waals surface area contributed by atoms with Gasteiger partial charge in [-0.1, -0.05) is 13.3 Å². The van der Waals surface area contributed by atoms with E-state index in [9.17, 15) is 8.42 Å². The summed E-state index contributed by atoms with van der Waals surface area (Å²) in [6.07, 6.45) is 2.20. The zero-order valence-electron chi connectivity index (χ0n) is 11.0. The Morgan fingerprint density at radius 1 is 1.28 bits per heavy atom. The molecule has 6 nitrogen and oxygen atoms in total. The summed E-state index contributed by atoms with van der Waals surface area (Å²) in [6.45, 7) is 4.61. The number of anilines is 2. The number of unbranched alkanes of at least 4 members (excludes halogenated alkanes) is 1. The molecule has 0 aliphatic carbocycles. The van der Waals surface area contributed by atoms with Crippen LogP contribution in [-0.4, -0.2) is 38.0 Å². The minimum Gasteiger partial charge on any atom is -0.358 e. The molecule has 0 aliphatic heterocycles. The molecule has 102 valence electrons. The molecule has 0 aliphatic rings. The van der Waals surface area contributed by atoms with Crippen molar-refractivity contribution in [2.75, 3.05) is 29.0 Å². The molecule has 1 aromatic rings. The van der Waals surface area contributed by atoms with E-state index in [1.165, 1.54) is 0 Å². The lowest BCUT2D eigenvalue weighted by atomic mass is 10.3. The molecule has 7 heteroatoms. The lowest BCUT2D eigenvalue weighted by Gasteiger charge is -2.17. The van der Waals surface area contributed by atoms with E-state index in [2.05, 4.69) is 21.8 Å². The van der Waals surface area contributed by atoms with Gasteiger partial charge in [0.1, 0.15) is 0 Å². The van der Waals surface area contributed by atoms with Gasteiger partial charge in [0.05, 0.1) is 5.75 Å². The Morgan fingerprint density at radius 2 is 2.00 bits per heavy atom. The summed E-state index contributed by atoms with van der Waals surface area (Å²) in [5, 5.41) is 7.86. The number of sulfonamides is 1. The molecule has 0 aromatic carbocycles. The Hall–Kier alpha value is -1.37. The van der Waals surface area contributed by atoms with Crippen molar-refractivity contribution in [3.05, 3.63) is 12.1 Å². The topological polar surface area (TPSA) is 75.2 Å². The minimum absolute atomic E-state index is 0.0207. The molecule has 0 saturated carbocycles. The normalized spacial score (nSPS) is 11.3. The SMILES string of the molecule is CCCCN(C)c1ccc(NS(=O)(=O)CC)nn1. The van der Waals surface area contributed by atoms with Crippen LogP contribution in [0, 0.1) is 0 Å². The summed E-state index contributed by atoms with van der Waals surface area (Å²) in [5.41, 5.74) is 0. The largest absolute Gasteiger partial charge is 0.358 e. The molecule has 18 heavy (non-hydrogen) atoms. The van der Waals surface area contributed by atoms with E-state index in [1.807, 2.05) is 11.9 Å². The van der Waals surface area contributed by atoms with Crippen LogP contribution < -0.4 is 9.62 Å². The van der Waals surface area contributed by atoms with Gasteiger partial charge in [-0.05, 0) is 25.5 Å². The highest BCUT2D eigenvalue weighted by molar-refractivity contribution is 7.92. The predicted molar refractivity (Wildman–Crippen MR) is 73.3 cm³/mol. The third-order valence-corrected chi connectivity index (χ3v) is 3.81. The first-order valence-corrected chi connectivity index (χ1v) is 7.69. The molecule has 0 amide bonds. The van der Waals surface area contributed by atoms with Gasteiger partial charge in [0.2, 0.25) is 10.0 Å². The van der Waals surface area contributed by atoms with E-state index >= 15 is 0 Å². The quantitative estimate of drug-likeness (QED) is 0.813. The lowest BCUT2D eigenvalue weighted by Crippen LogP contribution is -2.20. The molecule has 0 radical (unpaired) electrons. The Bertz CT molecular complexity index is 458. The van der Waals surface area contributed by atoms with Gasteiger partial charge in [-0.25, -0.2) is 8.42 Å². The van der Waals surface area contributed by atoms with E-state index in [1.54, 1.807) is 19.1 Å². The summed E-state index contributed by atoms with van der Waals surface area (Å²) < 4.78 is 25.0. The van der Waals surface area contributed by atoms with E-state index in [0.717, 1.165) is 25.2 Å². The maximum atomic E-state index is 11.3. The van der Waals surface area contributed by atoms with Crippen LogP contribution in [0.4, 0.5) is 11.6 Å². The first-order chi connectivity index (χ1) is 8.48. The average Bonchev–Trinajstić information content (AvgIpc) is 2.36. The maximum absolute atomic E-state index is 11.3. The van der Waals surface area contributed by atoms with Gasteiger partial charge < -0.3 is 4.90 Å². The second-order valence-corrected chi connectivity index (χ2v) is 6.07. The van der Waals surface area contributed by atoms with Crippen molar-refractivity contribution in [1.82, 2.24) is 10.2 Å². The van der Waals surface area contributed by atoms with Crippen LogP contribution in [-0.2, 0) is 10.0 Å². The van der Waals surface area contributed by atoms with Gasteiger partial charge in [0.25, 0.3) is 0 Å². The van der Waals surface area contributed by atoms with Crippen molar-refractivity contribution in [1.29, 1.82) is 0 Å². The fourth-order valence-corrected chi connectivity index (χ4v) is 1.90. The summed E-state index contributed by atoms with van der Waals surface area (Å²) in [6, 6.07) is 3.38. The second kappa shape index (κ2) is 6.53. The first-order valence-electron chi connectivity index (χ1n) is 6.04. The highest BCUT2D eigenvalue weighted by Crippen LogP contribution is 2.11. The van der Waals surface area contributed by atoms with Crippen molar-refractivity contribution in [2.45, 2.75) is 26.7 Å². The zero-order chi connectivity index (χ0) is 13.6. The van der Waals surface area contributed by atoms with E-state index < -0.39 is 10.0 Å². The standard InChI is InChI=1S/C11H20N4O2S/c1-4-6-9-15(3)11-8-7-10(12-13-11)14-18(16,17)5-2/h7-8H,4-6,9H2,1-3H3,(H,12,14). The minimum atomic E-state index is -3.29. The molecule has 0 spiro atoms. The lowest BCUT2D eigenvalue weighted by molar-refractivity contribution is 0.602. The van der Waals surface area contributed by atoms with Crippen molar-refractivity contribution < 1.29 is 8.42 Å². The summed E-state index contributed by atoms with van der Waals surface area (Å²) in [5.74, 6) is 1.01. The van der Waals surface area contributed by atoms with Crippen molar-refractivity contribution in [3.63, 3.8) is 0 Å². The number of hydrogen-bond acceptors (Lipinski definition) is 5. The van der Waals surface area contributed by atoms with Gasteiger partial charge in [-0.3, -0.25) is 4.72 Å². The van der Waals surface area contributed by atoms with Gasteiger partial charge in [-0.15, -0.1) is 10.2 Å². The summed E-state index contributed by atoms with van der Waals surface area (Å²) in [7, 11) is -1.35. The zero-order valence-corrected chi connectivity index (χ0v) is 11.9. The third-order valence-electron chi connectivity index (χ3n) is 2.53. The average molecular weight is 272 g/mol. The Labute approximate surface area is 108 Å². The van der Waals surface area contributed by atoms with E-state index in [-0.39, 0.29) is 11.6 Å². The molecule has 0 unspecified atom stereocenters. The van der Waals surface area contributed by atoms with Crippen LogP contribution in [0.5, 0.6) is 0 Å². The van der Waals surface area contributed by atoms with Crippen molar-refractivity contribution in [3.8, 4) is 0 Å². The number of nitrogens with zero attached hydrogens (tertiary/aromatic N) is 3. The molecule has 0 atom stereocenters. The smallest absolute Gasteiger partial charge is 0.233 e. The van der Waals surface area contributed by atoms with Gasteiger partial charge in [0, 0.05) is 13.6 Å². The Kier molecular flexibility index (Phi) is 5.33. The van der Waals surface area contributed by atoms with Crippen LogP contribution in [0.25, 0.3) is 0 Å². The molecule has 1 rings (SSSR count). The highest BCUT2D eigenvalue weighted by atomic mass is 32.2. The van der Waals surface area contributed by atoms with Crippen LogP contribution in [0.2, 0.25) is 0 Å². The molecule has 0 fully saturated rings. The number of aromatic nitrogens is 2. The molecule has 1 heterocycles. The molecule has 1 aromatic heterocycles. The van der Waals surface area contributed by atoms with Crippen molar-refractivity contribution >= 4 is 21.7 Å². The van der Waals surface area contributed by atoms with Crippen molar-refractivity contribution in [2.24, 2.45) is 0 Å². The molecular formula is C11H20N4O2S. The van der Waals surface area contributed by atoms with Crippen LogP contribution in [0.1, 0.15) is 26.7 Å². The maximum Gasteiger partial charge on any atom is 0.233 e.